The van der Waals surface area contributed by atoms with Crippen molar-refractivity contribution in [3.8, 4) is 0 Å². The van der Waals surface area contributed by atoms with Crippen molar-refractivity contribution < 1.29 is 14.5 Å². The molecule has 6 nitrogen and oxygen atoms in total. The number of nitro groups is 1. The number of aromatic nitrogens is 1. The van der Waals surface area contributed by atoms with Crippen LogP contribution in [0.1, 0.15) is 5.69 Å². The largest absolute Gasteiger partial charge is 0.466 e. The number of rotatable bonds is 3. The molecule has 0 unspecified atom stereocenters. The van der Waals surface area contributed by atoms with E-state index >= 15 is 0 Å². The SMILES string of the molecule is COC(=O)C=Cc1ncccc1[N+](=O)[O-]. The highest BCUT2D eigenvalue weighted by molar-refractivity contribution is 5.87. The number of carbonyl (C=O) groups is 1. The van der Waals surface area contributed by atoms with Gasteiger partial charge in [-0.15, -0.1) is 0 Å². The van der Waals surface area contributed by atoms with E-state index in [1.54, 1.807) is 0 Å². The molecule has 0 saturated heterocycles. The van der Waals surface area contributed by atoms with E-state index in [9.17, 15) is 14.9 Å². The maximum atomic E-state index is 10.8. The Morgan fingerprint density at radius 2 is 2.40 bits per heavy atom. The smallest absolute Gasteiger partial charge is 0.330 e. The van der Waals surface area contributed by atoms with Gasteiger partial charge in [-0.1, -0.05) is 0 Å². The molecule has 1 rings (SSSR count). The standard InChI is InChI=1S/C9H8N2O4/c1-15-9(12)5-4-7-8(11(13)14)3-2-6-10-7/h2-6H,1H3. The molecule has 0 N–H and O–H groups in total. The second kappa shape index (κ2) is 4.85. The van der Waals surface area contributed by atoms with Crippen LogP contribution in [0.25, 0.3) is 6.08 Å². The number of ether oxygens (including phenoxy) is 1. The fourth-order valence-corrected chi connectivity index (χ4v) is 0.907. The molecule has 0 aliphatic carbocycles. The normalized spacial score (nSPS) is 10.2. The average molecular weight is 208 g/mol. The molecule has 78 valence electrons. The van der Waals surface area contributed by atoms with Gasteiger partial charge in [-0.2, -0.15) is 0 Å². The highest BCUT2D eigenvalue weighted by atomic mass is 16.6. The molecule has 0 aromatic carbocycles. The predicted molar refractivity (Wildman–Crippen MR) is 51.9 cm³/mol. The van der Waals surface area contributed by atoms with Gasteiger partial charge >= 0.3 is 5.97 Å². The average Bonchev–Trinajstić information content (AvgIpc) is 2.26. The highest BCUT2D eigenvalue weighted by Crippen LogP contribution is 2.16. The van der Waals surface area contributed by atoms with Crippen LogP contribution in [0.5, 0.6) is 0 Å². The van der Waals surface area contributed by atoms with E-state index < -0.39 is 10.9 Å². The van der Waals surface area contributed by atoms with Crippen molar-refractivity contribution >= 4 is 17.7 Å². The minimum absolute atomic E-state index is 0.118. The molecule has 0 fully saturated rings. The van der Waals surface area contributed by atoms with Gasteiger partial charge < -0.3 is 4.74 Å². The summed E-state index contributed by atoms with van der Waals surface area (Å²) in [6, 6.07) is 2.76. The van der Waals surface area contributed by atoms with Crippen LogP contribution in [0.4, 0.5) is 5.69 Å². The number of carbonyl (C=O) groups excluding carboxylic acids is 1. The van der Waals surface area contributed by atoms with Crippen LogP contribution in [0, 0.1) is 10.1 Å². The Balaban J connectivity index is 2.99. The molecule has 1 aromatic rings. The Morgan fingerprint density at radius 3 is 3.00 bits per heavy atom. The summed E-state index contributed by atoms with van der Waals surface area (Å²) in [7, 11) is 1.22. The van der Waals surface area contributed by atoms with Crippen LogP contribution in [0.3, 0.4) is 0 Å². The molecule has 0 bridgehead atoms. The Bertz CT molecular complexity index is 414. The summed E-state index contributed by atoms with van der Waals surface area (Å²) < 4.78 is 4.35. The monoisotopic (exact) mass is 208 g/mol. The summed E-state index contributed by atoms with van der Waals surface area (Å²) in [5.41, 5.74) is -0.0365. The van der Waals surface area contributed by atoms with E-state index in [2.05, 4.69) is 9.72 Å². The summed E-state index contributed by atoms with van der Waals surface area (Å²) in [6.07, 6.45) is 3.73. The molecule has 0 spiro atoms. The Kier molecular flexibility index (Phi) is 3.50. The zero-order chi connectivity index (χ0) is 11.3. The van der Waals surface area contributed by atoms with Gasteiger partial charge in [-0.05, 0) is 12.1 Å². The summed E-state index contributed by atoms with van der Waals surface area (Å²) in [6.45, 7) is 0. The van der Waals surface area contributed by atoms with E-state index in [1.807, 2.05) is 0 Å². The Hall–Kier alpha value is -2.24. The number of esters is 1. The fourth-order valence-electron chi connectivity index (χ4n) is 0.907. The lowest BCUT2D eigenvalue weighted by atomic mass is 10.3. The van der Waals surface area contributed by atoms with Gasteiger partial charge in [0, 0.05) is 18.3 Å². The van der Waals surface area contributed by atoms with Gasteiger partial charge in [0.05, 0.1) is 12.0 Å². The molecule has 6 heteroatoms. The third-order valence-corrected chi connectivity index (χ3v) is 1.59. The van der Waals surface area contributed by atoms with E-state index in [0.29, 0.717) is 0 Å². The lowest BCUT2D eigenvalue weighted by molar-refractivity contribution is -0.385. The molecule has 0 atom stereocenters. The van der Waals surface area contributed by atoms with E-state index in [4.69, 9.17) is 0 Å². The predicted octanol–water partition coefficient (Wildman–Crippen LogP) is 1.18. The lowest BCUT2D eigenvalue weighted by Crippen LogP contribution is -1.96. The molecular formula is C9H8N2O4. The number of methoxy groups -OCH3 is 1. The number of hydrogen-bond acceptors (Lipinski definition) is 5. The zero-order valence-corrected chi connectivity index (χ0v) is 7.91. The van der Waals surface area contributed by atoms with E-state index in [0.717, 1.165) is 6.08 Å². The van der Waals surface area contributed by atoms with Crippen molar-refractivity contribution in [1.82, 2.24) is 4.98 Å². The fraction of sp³-hybridized carbons (Fsp3) is 0.111. The van der Waals surface area contributed by atoms with Crippen LogP contribution >= 0.6 is 0 Å². The zero-order valence-electron chi connectivity index (χ0n) is 7.91. The molecular weight excluding hydrogens is 200 g/mol. The third kappa shape index (κ3) is 2.87. The minimum atomic E-state index is -0.588. The number of nitrogens with zero attached hydrogens (tertiary/aromatic N) is 2. The molecule has 0 aliphatic rings. The quantitative estimate of drug-likeness (QED) is 0.322. The van der Waals surface area contributed by atoms with Crippen molar-refractivity contribution in [3.05, 3.63) is 40.2 Å². The summed E-state index contributed by atoms with van der Waals surface area (Å²) in [4.78, 5) is 24.5. The lowest BCUT2D eigenvalue weighted by Gasteiger charge is -1.95. The second-order valence-corrected chi connectivity index (χ2v) is 2.52. The highest BCUT2D eigenvalue weighted by Gasteiger charge is 2.11. The minimum Gasteiger partial charge on any atom is -0.466 e. The molecule has 0 saturated carbocycles. The molecule has 0 aliphatic heterocycles. The maximum absolute atomic E-state index is 10.8. The van der Waals surface area contributed by atoms with Gasteiger partial charge in [-0.25, -0.2) is 9.78 Å². The van der Waals surface area contributed by atoms with Crippen LogP contribution < -0.4 is 0 Å². The summed E-state index contributed by atoms with van der Waals surface area (Å²) >= 11 is 0. The summed E-state index contributed by atoms with van der Waals surface area (Å²) in [5.74, 6) is -0.588. The van der Waals surface area contributed by atoms with Gasteiger partial charge in [0.25, 0.3) is 5.69 Å². The topological polar surface area (TPSA) is 82.3 Å². The van der Waals surface area contributed by atoms with Crippen LogP contribution in [-0.2, 0) is 9.53 Å². The van der Waals surface area contributed by atoms with Crippen molar-refractivity contribution in [2.24, 2.45) is 0 Å². The van der Waals surface area contributed by atoms with Gasteiger partial charge in [0.2, 0.25) is 0 Å². The Labute approximate surface area is 85.3 Å². The summed E-state index contributed by atoms with van der Waals surface area (Å²) in [5, 5.41) is 10.6. The first kappa shape index (κ1) is 10.8. The first-order chi connectivity index (χ1) is 7.15. The Morgan fingerprint density at radius 1 is 1.67 bits per heavy atom. The van der Waals surface area contributed by atoms with Crippen LogP contribution in [0.15, 0.2) is 24.4 Å². The molecule has 1 heterocycles. The molecule has 1 aromatic heterocycles. The van der Waals surface area contributed by atoms with Gasteiger partial charge in [0.15, 0.2) is 0 Å². The van der Waals surface area contributed by atoms with Crippen molar-refractivity contribution in [2.45, 2.75) is 0 Å². The van der Waals surface area contributed by atoms with E-state index in [-0.39, 0.29) is 11.4 Å². The first-order valence-electron chi connectivity index (χ1n) is 4.00. The maximum Gasteiger partial charge on any atom is 0.330 e. The van der Waals surface area contributed by atoms with Gasteiger partial charge in [-0.3, -0.25) is 10.1 Å². The third-order valence-electron chi connectivity index (χ3n) is 1.59. The number of pyridine rings is 1. The van der Waals surface area contributed by atoms with Crippen LogP contribution in [0.2, 0.25) is 0 Å². The van der Waals surface area contributed by atoms with Crippen LogP contribution in [-0.4, -0.2) is 23.0 Å². The molecule has 15 heavy (non-hydrogen) atoms. The first-order valence-corrected chi connectivity index (χ1v) is 4.00. The van der Waals surface area contributed by atoms with E-state index in [1.165, 1.54) is 31.5 Å². The second-order valence-electron chi connectivity index (χ2n) is 2.52. The van der Waals surface area contributed by atoms with Gasteiger partial charge in [0.1, 0.15) is 5.69 Å². The number of hydrogen-bond donors (Lipinski definition) is 0. The van der Waals surface area contributed by atoms with Crippen molar-refractivity contribution in [3.63, 3.8) is 0 Å². The van der Waals surface area contributed by atoms with Crippen molar-refractivity contribution in [2.75, 3.05) is 7.11 Å². The van der Waals surface area contributed by atoms with Crippen molar-refractivity contribution in [1.29, 1.82) is 0 Å². The molecule has 0 amide bonds. The molecule has 0 radical (unpaired) electrons.